The predicted molar refractivity (Wildman–Crippen MR) is 95.6 cm³/mol. The third kappa shape index (κ3) is 5.96. The van der Waals surface area contributed by atoms with Crippen LogP contribution >= 0.6 is 0 Å². The molecule has 1 saturated heterocycles. The summed E-state index contributed by atoms with van der Waals surface area (Å²) in [6.07, 6.45) is 7.49. The van der Waals surface area contributed by atoms with Crippen molar-refractivity contribution in [1.82, 2.24) is 15.1 Å². The normalized spacial score (nSPS) is 21.7. The highest BCUT2D eigenvalue weighted by atomic mass is 16.2. The highest BCUT2D eigenvalue weighted by molar-refractivity contribution is 5.86. The predicted octanol–water partition coefficient (Wildman–Crippen LogP) is 1.79. The number of amides is 3. The van der Waals surface area contributed by atoms with E-state index in [0.29, 0.717) is 12.3 Å². The summed E-state index contributed by atoms with van der Waals surface area (Å²) >= 11 is 0. The van der Waals surface area contributed by atoms with E-state index in [4.69, 9.17) is 5.73 Å². The lowest BCUT2D eigenvalue weighted by Gasteiger charge is -2.38. The quantitative estimate of drug-likeness (QED) is 0.775. The van der Waals surface area contributed by atoms with Gasteiger partial charge in [-0.3, -0.25) is 9.69 Å². The van der Waals surface area contributed by atoms with E-state index in [1.54, 1.807) is 0 Å². The van der Waals surface area contributed by atoms with Crippen molar-refractivity contribution in [3.63, 3.8) is 0 Å². The molecule has 0 spiro atoms. The second-order valence-electron chi connectivity index (χ2n) is 7.82. The van der Waals surface area contributed by atoms with Crippen LogP contribution in [0.5, 0.6) is 0 Å². The number of carbonyl (C=O) groups is 2. The lowest BCUT2D eigenvalue weighted by atomic mass is 9.89. The average molecular weight is 338 g/mol. The van der Waals surface area contributed by atoms with Crippen molar-refractivity contribution in [1.29, 1.82) is 0 Å². The Labute approximate surface area is 146 Å². The summed E-state index contributed by atoms with van der Waals surface area (Å²) in [7, 11) is 0. The minimum atomic E-state index is -0.620. The monoisotopic (exact) mass is 338 g/mol. The summed E-state index contributed by atoms with van der Waals surface area (Å²) < 4.78 is 0. The van der Waals surface area contributed by atoms with Crippen molar-refractivity contribution in [2.24, 2.45) is 17.6 Å². The summed E-state index contributed by atoms with van der Waals surface area (Å²) in [4.78, 5) is 28.3. The highest BCUT2D eigenvalue weighted by Crippen LogP contribution is 2.24. The zero-order valence-corrected chi connectivity index (χ0v) is 15.3. The fourth-order valence-corrected chi connectivity index (χ4v) is 3.97. The lowest BCUT2D eigenvalue weighted by molar-refractivity contribution is -0.135. The maximum atomic E-state index is 12.7. The van der Waals surface area contributed by atoms with Gasteiger partial charge in [0.2, 0.25) is 5.91 Å². The smallest absolute Gasteiger partial charge is 0.312 e. The van der Waals surface area contributed by atoms with Gasteiger partial charge in [-0.1, -0.05) is 33.1 Å². The number of primary amides is 1. The molecule has 0 bridgehead atoms. The first-order chi connectivity index (χ1) is 11.5. The van der Waals surface area contributed by atoms with Crippen molar-refractivity contribution >= 4 is 11.9 Å². The number of nitrogens with zero attached hydrogens (tertiary/aromatic N) is 2. The molecule has 1 aliphatic carbocycles. The first-order valence-electron chi connectivity index (χ1n) is 9.52. The molecule has 24 heavy (non-hydrogen) atoms. The summed E-state index contributed by atoms with van der Waals surface area (Å²) in [6.45, 7) is 8.65. The summed E-state index contributed by atoms with van der Waals surface area (Å²) in [6, 6.07) is -1.11. The number of nitrogens with one attached hydrogen (secondary N) is 1. The Morgan fingerprint density at radius 3 is 2.25 bits per heavy atom. The van der Waals surface area contributed by atoms with Gasteiger partial charge < -0.3 is 16.0 Å². The van der Waals surface area contributed by atoms with Gasteiger partial charge in [0, 0.05) is 32.7 Å². The molecule has 1 heterocycles. The van der Waals surface area contributed by atoms with Crippen LogP contribution in [0.2, 0.25) is 0 Å². The number of hydrogen-bond acceptors (Lipinski definition) is 3. The molecule has 1 aliphatic heterocycles. The first-order valence-corrected chi connectivity index (χ1v) is 9.52. The van der Waals surface area contributed by atoms with Gasteiger partial charge in [0.25, 0.3) is 0 Å². The van der Waals surface area contributed by atoms with Crippen LogP contribution in [0.4, 0.5) is 4.79 Å². The second kappa shape index (κ2) is 9.25. The molecule has 2 aliphatic rings. The Morgan fingerprint density at radius 1 is 1.08 bits per heavy atom. The topological polar surface area (TPSA) is 78.7 Å². The molecule has 138 valence electrons. The minimum Gasteiger partial charge on any atom is -0.352 e. The standard InChI is InChI=1S/C18H34N4O2/c1-14(2)12-16(20-18(19)24)17(23)22-10-8-21(9-11-22)13-15-6-4-3-5-7-15/h14-16H,3-13H2,1-2H3,(H3,19,20,24). The fraction of sp³-hybridized carbons (Fsp3) is 0.889. The zero-order chi connectivity index (χ0) is 17.5. The Hall–Kier alpha value is -1.30. The number of urea groups is 1. The van der Waals surface area contributed by atoms with E-state index in [1.165, 1.54) is 38.6 Å². The van der Waals surface area contributed by atoms with Gasteiger partial charge in [-0.15, -0.1) is 0 Å². The number of nitrogens with two attached hydrogens (primary N) is 1. The van der Waals surface area contributed by atoms with Gasteiger partial charge in [-0.05, 0) is 31.1 Å². The van der Waals surface area contributed by atoms with Crippen LogP contribution in [0.1, 0.15) is 52.4 Å². The van der Waals surface area contributed by atoms with Crippen LogP contribution in [-0.2, 0) is 4.79 Å². The van der Waals surface area contributed by atoms with Crippen molar-refractivity contribution in [2.75, 3.05) is 32.7 Å². The van der Waals surface area contributed by atoms with Crippen LogP contribution in [0, 0.1) is 11.8 Å². The van der Waals surface area contributed by atoms with Gasteiger partial charge in [0.1, 0.15) is 6.04 Å². The number of piperazine rings is 1. The molecule has 2 fully saturated rings. The Balaban J connectivity index is 1.80. The highest BCUT2D eigenvalue weighted by Gasteiger charge is 2.29. The van der Waals surface area contributed by atoms with Gasteiger partial charge in [0.05, 0.1) is 0 Å². The maximum Gasteiger partial charge on any atom is 0.312 e. The van der Waals surface area contributed by atoms with E-state index >= 15 is 0 Å². The minimum absolute atomic E-state index is 0.0137. The van der Waals surface area contributed by atoms with Crippen molar-refractivity contribution < 1.29 is 9.59 Å². The summed E-state index contributed by atoms with van der Waals surface area (Å²) in [5, 5.41) is 2.62. The Kier molecular flexibility index (Phi) is 7.34. The first kappa shape index (κ1) is 19.0. The van der Waals surface area contributed by atoms with E-state index in [0.717, 1.165) is 32.1 Å². The molecule has 3 N–H and O–H groups in total. The lowest BCUT2D eigenvalue weighted by Crippen LogP contribution is -2.56. The largest absolute Gasteiger partial charge is 0.352 e. The van der Waals surface area contributed by atoms with Crippen molar-refractivity contribution in [3.8, 4) is 0 Å². The molecule has 0 aromatic carbocycles. The van der Waals surface area contributed by atoms with Crippen molar-refractivity contribution in [3.05, 3.63) is 0 Å². The molecule has 0 aromatic heterocycles. The summed E-state index contributed by atoms with van der Waals surface area (Å²) in [5.41, 5.74) is 5.23. The summed E-state index contributed by atoms with van der Waals surface area (Å²) in [5.74, 6) is 1.18. The third-order valence-corrected chi connectivity index (χ3v) is 5.25. The molecule has 0 aromatic rings. The van der Waals surface area contributed by atoms with E-state index < -0.39 is 12.1 Å². The van der Waals surface area contributed by atoms with Gasteiger partial charge in [-0.2, -0.15) is 0 Å². The van der Waals surface area contributed by atoms with Gasteiger partial charge in [-0.25, -0.2) is 4.79 Å². The molecule has 1 unspecified atom stereocenters. The molecule has 2 rings (SSSR count). The molecule has 1 atom stereocenters. The molecular formula is C18H34N4O2. The number of carbonyl (C=O) groups excluding carboxylic acids is 2. The molecule has 6 heteroatoms. The van der Waals surface area contributed by atoms with Crippen LogP contribution < -0.4 is 11.1 Å². The van der Waals surface area contributed by atoms with E-state index in [9.17, 15) is 9.59 Å². The van der Waals surface area contributed by atoms with E-state index in [2.05, 4.69) is 10.2 Å². The van der Waals surface area contributed by atoms with E-state index in [-0.39, 0.29) is 5.91 Å². The molecule has 6 nitrogen and oxygen atoms in total. The van der Waals surface area contributed by atoms with Crippen LogP contribution in [0.3, 0.4) is 0 Å². The molecular weight excluding hydrogens is 304 g/mol. The number of rotatable bonds is 6. The van der Waals surface area contributed by atoms with Crippen LogP contribution in [0.25, 0.3) is 0 Å². The molecule has 3 amide bonds. The van der Waals surface area contributed by atoms with E-state index in [1.807, 2.05) is 18.7 Å². The molecule has 0 radical (unpaired) electrons. The Bertz CT molecular complexity index is 413. The fourth-order valence-electron chi connectivity index (χ4n) is 3.97. The average Bonchev–Trinajstić information content (AvgIpc) is 2.54. The second-order valence-corrected chi connectivity index (χ2v) is 7.82. The molecule has 1 saturated carbocycles. The van der Waals surface area contributed by atoms with Crippen LogP contribution in [0.15, 0.2) is 0 Å². The van der Waals surface area contributed by atoms with Gasteiger partial charge >= 0.3 is 6.03 Å². The van der Waals surface area contributed by atoms with Crippen LogP contribution in [-0.4, -0.2) is 60.5 Å². The SMILES string of the molecule is CC(C)CC(NC(N)=O)C(=O)N1CCN(CC2CCCCC2)CC1. The number of hydrogen-bond donors (Lipinski definition) is 2. The maximum absolute atomic E-state index is 12.7. The van der Waals surface area contributed by atoms with Crippen molar-refractivity contribution in [2.45, 2.75) is 58.4 Å². The third-order valence-electron chi connectivity index (χ3n) is 5.25. The Morgan fingerprint density at radius 2 is 1.71 bits per heavy atom. The van der Waals surface area contributed by atoms with Gasteiger partial charge in [0.15, 0.2) is 0 Å². The zero-order valence-electron chi connectivity index (χ0n) is 15.3.